The zero-order valence-corrected chi connectivity index (χ0v) is 47.6. The average Bonchev–Trinajstić information content (AvgIpc) is 4.32. The van der Waals surface area contributed by atoms with Crippen LogP contribution in [0.3, 0.4) is 0 Å². The number of fused-ring (bicyclic) bond motifs is 10. The molecule has 4 saturated heterocycles. The Morgan fingerprint density at radius 2 is 1.19 bits per heavy atom. The van der Waals surface area contributed by atoms with Crippen LogP contribution >= 0.6 is 22.7 Å². The van der Waals surface area contributed by atoms with Crippen molar-refractivity contribution in [2.75, 3.05) is 24.6 Å². The summed E-state index contributed by atoms with van der Waals surface area (Å²) in [6.45, 7) is 1.78. The van der Waals surface area contributed by atoms with Crippen LogP contribution in [0.5, 0.6) is 0 Å². The van der Waals surface area contributed by atoms with Gasteiger partial charge in [0.1, 0.15) is 18.2 Å². The lowest BCUT2D eigenvalue weighted by molar-refractivity contribution is -0.139. The third kappa shape index (κ3) is 13.2. The second-order valence-electron chi connectivity index (χ2n) is 21.6. The van der Waals surface area contributed by atoms with Crippen LogP contribution in [0.25, 0.3) is 26.0 Å². The van der Waals surface area contributed by atoms with Crippen molar-refractivity contribution >= 4 is 80.2 Å². The van der Waals surface area contributed by atoms with Crippen LogP contribution in [0.15, 0.2) is 118 Å². The molecule has 5 aliphatic carbocycles. The largest absolute Gasteiger partial charge is 0.481 e. The minimum absolute atomic E-state index is 0.0134. The minimum Gasteiger partial charge on any atom is -0.481 e. The second kappa shape index (κ2) is 25.2. The Labute approximate surface area is 479 Å². The molecule has 21 heteroatoms. The van der Waals surface area contributed by atoms with Gasteiger partial charge >= 0.3 is 5.97 Å². The summed E-state index contributed by atoms with van der Waals surface area (Å²) in [6.07, 6.45) is 19.0. The van der Waals surface area contributed by atoms with E-state index in [1.807, 2.05) is 35.2 Å². The van der Waals surface area contributed by atoms with Crippen LogP contribution in [-0.4, -0.2) is 100 Å². The van der Waals surface area contributed by atoms with Crippen LogP contribution < -0.4 is 5.32 Å². The van der Waals surface area contributed by atoms with Crippen LogP contribution in [0, 0.1) is 57.7 Å². The zero-order valence-electron chi connectivity index (χ0n) is 44.4. The fourth-order valence-corrected chi connectivity index (χ4v) is 17.6. The molecule has 7 fully saturated rings. The number of allylic oxidation sites excluding steroid dienone is 2. The Kier molecular flexibility index (Phi) is 17.7. The maximum absolute atomic E-state index is 13.0. The average molecular weight is 1160 g/mol. The van der Waals surface area contributed by atoms with E-state index in [4.69, 9.17) is 20.9 Å². The molecule has 3 saturated carbocycles. The van der Waals surface area contributed by atoms with E-state index in [0.717, 1.165) is 49.0 Å². The van der Waals surface area contributed by atoms with Gasteiger partial charge in [0.15, 0.2) is 19.7 Å². The number of aromatic nitrogens is 5. The zero-order chi connectivity index (χ0) is 56.7. The monoisotopic (exact) mass is 1160 g/mol. The molecule has 2 aromatic carbocycles. The molecule has 7 aromatic rings. The molecule has 9 aliphatic rings. The van der Waals surface area contributed by atoms with Gasteiger partial charge in [-0.3, -0.25) is 24.5 Å². The molecule has 1 amide bonds. The van der Waals surface area contributed by atoms with E-state index in [9.17, 15) is 26.4 Å². The van der Waals surface area contributed by atoms with Crippen LogP contribution in [0.1, 0.15) is 123 Å². The number of hydrogen-bond donors (Lipinski definition) is 2. The SMILES string of the molecule is N#Cc1ccc(C2=CC3CCC2CC3)nc1.N#Cc1ccc(C2CC3CCC2CN3)nc1.N#Cc1ccc(C2CC3CCC2CN3C(=O)CCS(=O)(=O)c2cccc3ncsc23)nc1.O=C(O)CCS(=O)(=O)c1cccc2ncsc12. The molecule has 416 valence electrons. The van der Waals surface area contributed by atoms with Crippen molar-refractivity contribution < 1.29 is 31.5 Å². The molecule has 6 atom stereocenters. The van der Waals surface area contributed by atoms with Crippen molar-refractivity contribution in [2.45, 2.75) is 111 Å². The number of aliphatic carboxylic acids is 1. The van der Waals surface area contributed by atoms with Gasteiger partial charge in [0.05, 0.1) is 81.6 Å². The summed E-state index contributed by atoms with van der Waals surface area (Å²) < 4.78 is 51.1. The Balaban J connectivity index is 0.000000128. The Morgan fingerprint density at radius 1 is 0.630 bits per heavy atom. The van der Waals surface area contributed by atoms with Crippen molar-refractivity contribution in [3.8, 4) is 18.2 Å². The normalized spacial score (nSPS) is 23.2. The number of nitrogens with zero attached hydrogens (tertiary/aromatic N) is 9. The molecular weight excluding hydrogens is 1100 g/mol. The van der Waals surface area contributed by atoms with E-state index < -0.39 is 32.1 Å². The number of carboxylic acids is 1. The molecule has 6 bridgehead atoms. The van der Waals surface area contributed by atoms with Crippen molar-refractivity contribution in [3.63, 3.8) is 0 Å². The first kappa shape index (κ1) is 56.9. The van der Waals surface area contributed by atoms with E-state index in [0.29, 0.717) is 67.5 Å². The molecule has 16 rings (SSSR count). The number of carbonyl (C=O) groups excluding carboxylic acids is 1. The van der Waals surface area contributed by atoms with Gasteiger partial charge in [-0.1, -0.05) is 18.2 Å². The molecular formula is C60H60N10O7S4. The van der Waals surface area contributed by atoms with Crippen molar-refractivity contribution in [1.29, 1.82) is 15.8 Å². The van der Waals surface area contributed by atoms with E-state index >= 15 is 0 Å². The van der Waals surface area contributed by atoms with Gasteiger partial charge in [-0.05, 0) is 161 Å². The van der Waals surface area contributed by atoms with Gasteiger partial charge in [-0.2, -0.15) is 15.8 Å². The Bertz CT molecular complexity index is 3800. The third-order valence-corrected chi connectivity index (χ3v) is 22.2. The van der Waals surface area contributed by atoms with Gasteiger partial charge in [0, 0.05) is 66.9 Å². The van der Waals surface area contributed by atoms with Crippen molar-refractivity contribution in [2.24, 2.45) is 23.7 Å². The number of nitrogens with one attached hydrogen (secondary N) is 1. The van der Waals surface area contributed by atoms with Gasteiger partial charge in [-0.25, -0.2) is 26.8 Å². The Morgan fingerprint density at radius 3 is 1.63 bits per heavy atom. The molecule has 5 aromatic heterocycles. The highest BCUT2D eigenvalue weighted by atomic mass is 32.2. The minimum atomic E-state index is -3.58. The molecule has 2 N–H and O–H groups in total. The summed E-state index contributed by atoms with van der Waals surface area (Å²) in [4.78, 5) is 47.3. The topological polar surface area (TPSA) is 274 Å². The number of carbonyl (C=O) groups is 2. The first-order valence-corrected chi connectivity index (χ1v) is 32.4. The van der Waals surface area contributed by atoms with Crippen LogP contribution in [-0.2, 0) is 29.3 Å². The lowest BCUT2D eigenvalue weighted by Crippen LogP contribution is -2.53. The van der Waals surface area contributed by atoms with Gasteiger partial charge in [0.2, 0.25) is 5.91 Å². The summed E-state index contributed by atoms with van der Waals surface area (Å²) in [7, 11) is -7.14. The number of benzene rings is 2. The summed E-state index contributed by atoms with van der Waals surface area (Å²) in [5.41, 5.74) is 11.0. The van der Waals surface area contributed by atoms with Crippen molar-refractivity contribution in [1.82, 2.24) is 35.1 Å². The first-order valence-electron chi connectivity index (χ1n) is 27.3. The Hall–Kier alpha value is -7.32. The maximum Gasteiger partial charge on any atom is 0.304 e. The number of thiazole rings is 2. The van der Waals surface area contributed by atoms with Crippen molar-refractivity contribution in [3.05, 3.63) is 142 Å². The van der Waals surface area contributed by atoms with Crippen LogP contribution in [0.4, 0.5) is 0 Å². The van der Waals surface area contributed by atoms with E-state index in [-0.39, 0.29) is 45.6 Å². The lowest BCUT2D eigenvalue weighted by atomic mass is 9.70. The highest BCUT2D eigenvalue weighted by Crippen LogP contribution is 2.46. The maximum atomic E-state index is 13.0. The predicted octanol–water partition coefficient (Wildman–Crippen LogP) is 10.0. The number of hydrogen-bond acceptors (Lipinski definition) is 17. The first-order chi connectivity index (χ1) is 39.2. The molecule has 4 aliphatic heterocycles. The number of sulfone groups is 2. The number of rotatable bonds is 11. The van der Waals surface area contributed by atoms with Gasteiger partial charge < -0.3 is 15.3 Å². The van der Waals surface area contributed by atoms with E-state index in [2.05, 4.69) is 54.5 Å². The standard InChI is InChI=1S/C23H22N4O3S2.C14H14N2.C13H15N3.C10H9NO4S2/c24-11-15-4-7-19(25-12-15)18-10-17-6-5-16(18)13-27(17)22(28)8-9-32(29,30)21-3-1-2-20-23(21)31-14-26-20;15-8-11-3-6-14(16-9-11)13-7-10-1-4-12(13)5-2-10;14-6-9-1-4-13(16-7-9)12-5-11-3-2-10(12)8-15-11;12-9(13)4-5-17(14,15)8-3-1-2-7-10(8)16-6-11-7/h1-4,7,12,14,16-18H,5-6,8-10,13H2;3,6-7,9-10,12H,1-2,4-5H2;1,4,7,10-12,15H,2-3,5,8H2;1-3,6H,4-5H2,(H,12,13). The molecule has 9 heterocycles. The number of nitriles is 3. The quantitative estimate of drug-likeness (QED) is 0.122. The number of pyridine rings is 3. The molecule has 0 spiro atoms. The third-order valence-electron chi connectivity index (χ3n) is 16.7. The number of piperidine rings is 4. The number of carboxylic acid groups (broad SMARTS) is 1. The molecule has 81 heavy (non-hydrogen) atoms. The summed E-state index contributed by atoms with van der Waals surface area (Å²) >= 11 is 2.54. The lowest BCUT2D eigenvalue weighted by Gasteiger charge is -2.49. The van der Waals surface area contributed by atoms with E-state index in [1.54, 1.807) is 66.0 Å². The number of amides is 1. The fourth-order valence-electron chi connectivity index (χ4n) is 12.4. The summed E-state index contributed by atoms with van der Waals surface area (Å²) in [6, 6.07) is 28.5. The highest BCUT2D eigenvalue weighted by molar-refractivity contribution is 7.92. The van der Waals surface area contributed by atoms with Crippen LogP contribution in [0.2, 0.25) is 0 Å². The molecule has 6 unspecified atom stereocenters. The van der Waals surface area contributed by atoms with Gasteiger partial charge in [-0.15, -0.1) is 22.7 Å². The highest BCUT2D eigenvalue weighted by Gasteiger charge is 2.43. The second-order valence-corrected chi connectivity index (χ2v) is 27.4. The predicted molar refractivity (Wildman–Crippen MR) is 308 cm³/mol. The smallest absolute Gasteiger partial charge is 0.304 e. The fraction of sp³-hybridized carbons (Fsp3) is 0.400. The summed E-state index contributed by atoms with van der Waals surface area (Å²) in [5.74, 6) is 1.62. The van der Waals surface area contributed by atoms with Gasteiger partial charge in [0.25, 0.3) is 0 Å². The molecule has 17 nitrogen and oxygen atoms in total. The van der Waals surface area contributed by atoms with E-state index in [1.165, 1.54) is 85.0 Å². The summed E-state index contributed by atoms with van der Waals surface area (Å²) in [5, 5.41) is 38.5. The molecule has 0 radical (unpaired) electrons.